The van der Waals surface area contributed by atoms with Gasteiger partial charge in [-0.1, -0.05) is 31.9 Å². The zero-order valence-corrected chi connectivity index (χ0v) is 9.12. The number of carbonyl (C=O) groups excluding carboxylic acids is 1. The summed E-state index contributed by atoms with van der Waals surface area (Å²) >= 11 is 0. The average molecular weight is 206 g/mol. The van der Waals surface area contributed by atoms with Crippen molar-refractivity contribution >= 4 is 11.6 Å². The van der Waals surface area contributed by atoms with Crippen molar-refractivity contribution in [3.8, 4) is 0 Å². The molecule has 0 saturated heterocycles. The molecule has 1 aromatic rings. The van der Waals surface area contributed by atoms with Gasteiger partial charge in [0.05, 0.1) is 5.56 Å². The van der Waals surface area contributed by atoms with Crippen LogP contribution in [0.3, 0.4) is 0 Å². The monoisotopic (exact) mass is 206 g/mol. The number of rotatable bonds is 5. The minimum absolute atomic E-state index is 0.434. The number of unbranched alkanes of at least 4 members (excludes halogenated alkanes) is 2. The lowest BCUT2D eigenvalue weighted by atomic mass is 10.0. The van der Waals surface area contributed by atoms with Crippen LogP contribution >= 0.6 is 0 Å². The molecule has 0 spiro atoms. The van der Waals surface area contributed by atoms with Crippen LogP contribution in [0, 0.1) is 0 Å². The number of primary amides is 1. The molecule has 0 aliphatic rings. The summed E-state index contributed by atoms with van der Waals surface area (Å²) in [5.74, 6) is -0.454. The SMILES string of the molecule is CCCCCc1cccc(C(N)=O)c1N. The number of hydrogen-bond acceptors (Lipinski definition) is 2. The van der Waals surface area contributed by atoms with E-state index in [-0.39, 0.29) is 0 Å². The number of anilines is 1. The van der Waals surface area contributed by atoms with E-state index in [0.717, 1.165) is 18.4 Å². The van der Waals surface area contributed by atoms with Crippen LogP contribution in [0.15, 0.2) is 18.2 Å². The molecule has 4 N–H and O–H groups in total. The summed E-state index contributed by atoms with van der Waals surface area (Å²) in [6.45, 7) is 2.16. The van der Waals surface area contributed by atoms with Gasteiger partial charge in [0, 0.05) is 5.69 Å². The summed E-state index contributed by atoms with van der Waals surface area (Å²) in [5.41, 5.74) is 13.1. The number of carbonyl (C=O) groups is 1. The van der Waals surface area contributed by atoms with Gasteiger partial charge >= 0.3 is 0 Å². The molecular formula is C12H18N2O. The van der Waals surface area contributed by atoms with Crippen molar-refractivity contribution in [3.63, 3.8) is 0 Å². The van der Waals surface area contributed by atoms with Crippen molar-refractivity contribution < 1.29 is 4.79 Å². The summed E-state index contributed by atoms with van der Waals surface area (Å²) in [7, 11) is 0. The van der Waals surface area contributed by atoms with Crippen molar-refractivity contribution in [1.29, 1.82) is 0 Å². The van der Waals surface area contributed by atoms with Crippen LogP contribution < -0.4 is 11.5 Å². The van der Waals surface area contributed by atoms with Crippen molar-refractivity contribution in [2.75, 3.05) is 5.73 Å². The summed E-state index contributed by atoms with van der Waals surface area (Å²) in [5, 5.41) is 0. The number of nitrogens with two attached hydrogens (primary N) is 2. The highest BCUT2D eigenvalue weighted by molar-refractivity contribution is 5.98. The molecular weight excluding hydrogens is 188 g/mol. The average Bonchev–Trinajstić information content (AvgIpc) is 2.20. The van der Waals surface area contributed by atoms with Gasteiger partial charge in [0.15, 0.2) is 0 Å². The van der Waals surface area contributed by atoms with Crippen LogP contribution in [0.4, 0.5) is 5.69 Å². The Hall–Kier alpha value is -1.51. The molecule has 0 aliphatic heterocycles. The highest BCUT2D eigenvalue weighted by Crippen LogP contribution is 2.19. The minimum atomic E-state index is -0.454. The fraction of sp³-hybridized carbons (Fsp3) is 0.417. The molecule has 0 fully saturated rings. The minimum Gasteiger partial charge on any atom is -0.398 e. The van der Waals surface area contributed by atoms with Crippen LogP contribution in [0.1, 0.15) is 42.1 Å². The number of nitrogen functional groups attached to an aromatic ring is 1. The van der Waals surface area contributed by atoms with Crippen LogP contribution in [0.5, 0.6) is 0 Å². The van der Waals surface area contributed by atoms with E-state index in [2.05, 4.69) is 6.92 Å². The zero-order valence-electron chi connectivity index (χ0n) is 9.12. The summed E-state index contributed by atoms with van der Waals surface area (Å²) in [6.07, 6.45) is 4.37. The Morgan fingerprint density at radius 3 is 2.67 bits per heavy atom. The van der Waals surface area contributed by atoms with Crippen molar-refractivity contribution in [2.45, 2.75) is 32.6 Å². The van der Waals surface area contributed by atoms with Gasteiger partial charge in [-0.05, 0) is 24.5 Å². The van der Waals surface area contributed by atoms with Crippen LogP contribution in [-0.2, 0) is 6.42 Å². The molecule has 1 rings (SSSR count). The van der Waals surface area contributed by atoms with Crippen molar-refractivity contribution in [3.05, 3.63) is 29.3 Å². The Kier molecular flexibility index (Phi) is 4.16. The molecule has 0 atom stereocenters. The predicted octanol–water partition coefficient (Wildman–Crippen LogP) is 2.10. The largest absolute Gasteiger partial charge is 0.398 e. The van der Waals surface area contributed by atoms with Gasteiger partial charge in [-0.3, -0.25) is 4.79 Å². The second-order valence-electron chi connectivity index (χ2n) is 3.70. The molecule has 3 nitrogen and oxygen atoms in total. The van der Waals surface area contributed by atoms with Gasteiger partial charge in [-0.15, -0.1) is 0 Å². The van der Waals surface area contributed by atoms with Gasteiger partial charge in [0.2, 0.25) is 0 Å². The highest BCUT2D eigenvalue weighted by atomic mass is 16.1. The normalized spacial score (nSPS) is 10.2. The molecule has 0 radical (unpaired) electrons. The van der Waals surface area contributed by atoms with E-state index in [1.54, 1.807) is 6.07 Å². The Bertz CT molecular complexity index is 347. The van der Waals surface area contributed by atoms with Gasteiger partial charge in [-0.2, -0.15) is 0 Å². The Morgan fingerprint density at radius 1 is 1.33 bits per heavy atom. The van der Waals surface area contributed by atoms with E-state index < -0.39 is 5.91 Å². The smallest absolute Gasteiger partial charge is 0.250 e. The molecule has 0 bridgehead atoms. The Balaban J connectivity index is 2.80. The third-order valence-corrected chi connectivity index (χ3v) is 2.51. The lowest BCUT2D eigenvalue weighted by Gasteiger charge is -2.08. The number of para-hydroxylation sites is 1. The number of aryl methyl sites for hydroxylation is 1. The van der Waals surface area contributed by atoms with Crippen molar-refractivity contribution in [1.82, 2.24) is 0 Å². The zero-order chi connectivity index (χ0) is 11.3. The van der Waals surface area contributed by atoms with E-state index in [9.17, 15) is 4.79 Å². The van der Waals surface area contributed by atoms with Gasteiger partial charge in [0.25, 0.3) is 5.91 Å². The predicted molar refractivity (Wildman–Crippen MR) is 62.6 cm³/mol. The fourth-order valence-electron chi connectivity index (χ4n) is 1.61. The molecule has 15 heavy (non-hydrogen) atoms. The number of amides is 1. The fourth-order valence-corrected chi connectivity index (χ4v) is 1.61. The van der Waals surface area contributed by atoms with Crippen molar-refractivity contribution in [2.24, 2.45) is 5.73 Å². The van der Waals surface area contributed by atoms with Gasteiger partial charge in [0.1, 0.15) is 0 Å². The molecule has 3 heteroatoms. The molecule has 1 amide bonds. The molecule has 0 unspecified atom stereocenters. The second kappa shape index (κ2) is 5.39. The first-order chi connectivity index (χ1) is 7.16. The third-order valence-electron chi connectivity index (χ3n) is 2.51. The third kappa shape index (κ3) is 2.98. The summed E-state index contributed by atoms with van der Waals surface area (Å²) in [4.78, 5) is 11.0. The quantitative estimate of drug-likeness (QED) is 0.572. The van der Waals surface area contributed by atoms with E-state index >= 15 is 0 Å². The van der Waals surface area contributed by atoms with E-state index in [4.69, 9.17) is 11.5 Å². The lowest BCUT2D eigenvalue weighted by Crippen LogP contribution is -2.14. The number of hydrogen-bond donors (Lipinski definition) is 2. The maximum Gasteiger partial charge on any atom is 0.250 e. The standard InChI is InChI=1S/C12H18N2O/c1-2-3-4-6-9-7-5-8-10(11(9)13)12(14)15/h5,7-8H,2-4,6,13H2,1H3,(H2,14,15). The van der Waals surface area contributed by atoms with E-state index in [0.29, 0.717) is 11.3 Å². The first kappa shape index (κ1) is 11.6. The van der Waals surface area contributed by atoms with E-state index in [1.807, 2.05) is 12.1 Å². The van der Waals surface area contributed by atoms with Crippen LogP contribution in [-0.4, -0.2) is 5.91 Å². The topological polar surface area (TPSA) is 69.1 Å². The molecule has 0 aromatic heterocycles. The van der Waals surface area contributed by atoms with Gasteiger partial charge < -0.3 is 11.5 Å². The van der Waals surface area contributed by atoms with Crippen LogP contribution in [0.2, 0.25) is 0 Å². The Morgan fingerprint density at radius 2 is 2.07 bits per heavy atom. The maximum absolute atomic E-state index is 11.0. The molecule has 0 heterocycles. The first-order valence-corrected chi connectivity index (χ1v) is 5.34. The number of benzene rings is 1. The second-order valence-corrected chi connectivity index (χ2v) is 3.70. The maximum atomic E-state index is 11.0. The van der Waals surface area contributed by atoms with Crippen LogP contribution in [0.25, 0.3) is 0 Å². The first-order valence-electron chi connectivity index (χ1n) is 5.34. The molecule has 82 valence electrons. The molecule has 0 saturated carbocycles. The molecule has 1 aromatic carbocycles. The van der Waals surface area contributed by atoms with E-state index in [1.165, 1.54) is 12.8 Å². The lowest BCUT2D eigenvalue weighted by molar-refractivity contribution is 0.100. The Labute approximate surface area is 90.5 Å². The summed E-state index contributed by atoms with van der Waals surface area (Å²) in [6, 6.07) is 5.45. The highest BCUT2D eigenvalue weighted by Gasteiger charge is 2.08. The van der Waals surface area contributed by atoms with Gasteiger partial charge in [-0.25, -0.2) is 0 Å². The molecule has 0 aliphatic carbocycles. The summed E-state index contributed by atoms with van der Waals surface area (Å²) < 4.78 is 0.